The Hall–Kier alpha value is -4.51. The summed E-state index contributed by atoms with van der Waals surface area (Å²) in [6, 6.07) is 14.6. The van der Waals surface area contributed by atoms with Crippen molar-refractivity contribution in [3.05, 3.63) is 83.2 Å². The number of fused-ring (bicyclic) bond motifs is 1. The highest BCUT2D eigenvalue weighted by Gasteiger charge is 2.29. The van der Waals surface area contributed by atoms with Gasteiger partial charge in [-0.15, -0.1) is 0 Å². The monoisotopic (exact) mass is 620 g/mol. The first-order valence-electron chi connectivity index (χ1n) is 14.9. The van der Waals surface area contributed by atoms with Gasteiger partial charge in [0.25, 0.3) is 5.91 Å². The Bertz CT molecular complexity index is 1610. The van der Waals surface area contributed by atoms with Crippen LogP contribution in [0, 0.1) is 17.6 Å². The number of para-hydroxylation sites is 2. The van der Waals surface area contributed by atoms with E-state index < -0.39 is 11.6 Å². The van der Waals surface area contributed by atoms with Crippen molar-refractivity contribution in [3.63, 3.8) is 0 Å². The number of carbonyl (C=O) groups is 2. The number of imidazole rings is 1. The fraction of sp³-hybridized carbons (Fsp3) is 0.382. The average Bonchev–Trinajstić information content (AvgIpc) is 3.51. The average molecular weight is 621 g/mol. The van der Waals surface area contributed by atoms with Gasteiger partial charge in [0.1, 0.15) is 0 Å². The molecular weight excluding hydrogens is 582 g/mol. The summed E-state index contributed by atoms with van der Waals surface area (Å²) in [4.78, 5) is 38.2. The van der Waals surface area contributed by atoms with Gasteiger partial charge in [0, 0.05) is 31.0 Å². The molecular formula is C34H38F2N4O5. The van der Waals surface area contributed by atoms with E-state index in [-0.39, 0.29) is 30.1 Å². The number of ether oxygens (including phenoxy) is 3. The summed E-state index contributed by atoms with van der Waals surface area (Å²) in [5, 5.41) is 0. The van der Waals surface area contributed by atoms with Gasteiger partial charge in [-0.1, -0.05) is 18.2 Å². The molecule has 1 aromatic heterocycles. The Balaban J connectivity index is 1.25. The predicted octanol–water partition coefficient (Wildman–Crippen LogP) is 5.71. The number of halogens is 2. The molecule has 1 aliphatic rings. The third-order valence-electron chi connectivity index (χ3n) is 8.54. The van der Waals surface area contributed by atoms with Gasteiger partial charge in [-0.2, -0.15) is 0 Å². The van der Waals surface area contributed by atoms with E-state index in [2.05, 4.69) is 14.9 Å². The minimum absolute atomic E-state index is 0.0254. The van der Waals surface area contributed by atoms with Crippen molar-refractivity contribution >= 4 is 22.7 Å². The van der Waals surface area contributed by atoms with E-state index in [9.17, 15) is 18.4 Å². The highest BCUT2D eigenvalue weighted by molar-refractivity contribution is 5.97. The number of Topliss-reactive ketones (excluding diaryl/α,β-unsaturated/α-hetero) is 1. The smallest absolute Gasteiger partial charge is 0.253 e. The molecule has 1 N–H and O–H groups in total. The minimum atomic E-state index is -0.930. The Morgan fingerprint density at radius 3 is 2.29 bits per heavy atom. The summed E-state index contributed by atoms with van der Waals surface area (Å²) in [6.07, 6.45) is 2.00. The molecule has 0 radical (unpaired) electrons. The number of amides is 1. The molecule has 1 unspecified atom stereocenters. The maximum absolute atomic E-state index is 14.3. The van der Waals surface area contributed by atoms with Crippen LogP contribution in [-0.4, -0.2) is 86.0 Å². The molecule has 9 nitrogen and oxygen atoms in total. The van der Waals surface area contributed by atoms with Crippen LogP contribution in [0.3, 0.4) is 0 Å². The summed E-state index contributed by atoms with van der Waals surface area (Å²) in [7, 11) is 6.12. The number of methoxy groups -OCH3 is 3. The number of carbonyl (C=O) groups excluding carboxylic acids is 2. The zero-order valence-corrected chi connectivity index (χ0v) is 25.9. The van der Waals surface area contributed by atoms with Gasteiger partial charge in [0.15, 0.2) is 29.0 Å². The Morgan fingerprint density at radius 1 is 0.978 bits per heavy atom. The number of nitrogens with zero attached hydrogens (tertiary/aromatic N) is 3. The van der Waals surface area contributed by atoms with E-state index in [0.29, 0.717) is 60.0 Å². The second-order valence-electron chi connectivity index (χ2n) is 11.3. The first-order valence-corrected chi connectivity index (χ1v) is 14.9. The highest BCUT2D eigenvalue weighted by atomic mass is 19.2. The number of benzene rings is 3. The van der Waals surface area contributed by atoms with Crippen molar-refractivity contribution < 1.29 is 32.6 Å². The van der Waals surface area contributed by atoms with E-state index in [1.165, 1.54) is 27.4 Å². The molecule has 238 valence electrons. The number of likely N-dealkylation sites (N-methyl/N-ethyl adjacent to an activating group) is 1. The molecule has 0 aliphatic carbocycles. The lowest BCUT2D eigenvalue weighted by Crippen LogP contribution is -2.38. The number of H-pyrrole nitrogens is 1. The molecule has 0 bridgehead atoms. The predicted molar refractivity (Wildman–Crippen MR) is 166 cm³/mol. The van der Waals surface area contributed by atoms with E-state index in [1.807, 2.05) is 24.3 Å². The fourth-order valence-corrected chi connectivity index (χ4v) is 5.99. The normalized spacial score (nSPS) is 14.7. The lowest BCUT2D eigenvalue weighted by atomic mass is 9.90. The van der Waals surface area contributed by atoms with Gasteiger partial charge >= 0.3 is 0 Å². The number of rotatable bonds is 12. The number of aromatic amines is 1. The summed E-state index contributed by atoms with van der Waals surface area (Å²) >= 11 is 0. The van der Waals surface area contributed by atoms with Crippen LogP contribution in [0.25, 0.3) is 11.0 Å². The summed E-state index contributed by atoms with van der Waals surface area (Å²) in [6.45, 7) is 2.38. The van der Waals surface area contributed by atoms with E-state index >= 15 is 0 Å². The van der Waals surface area contributed by atoms with Gasteiger partial charge in [-0.25, -0.2) is 13.8 Å². The second-order valence-corrected chi connectivity index (χ2v) is 11.3. The number of hydrogen-bond acceptors (Lipinski definition) is 7. The van der Waals surface area contributed by atoms with Crippen molar-refractivity contribution in [1.82, 2.24) is 19.8 Å². The van der Waals surface area contributed by atoms with Crippen LogP contribution in [0.15, 0.2) is 54.6 Å². The number of ketones is 1. The lowest BCUT2D eigenvalue weighted by Gasteiger charge is -2.33. The zero-order valence-electron chi connectivity index (χ0n) is 25.9. The molecule has 1 amide bonds. The van der Waals surface area contributed by atoms with Crippen molar-refractivity contribution in [3.8, 4) is 17.2 Å². The van der Waals surface area contributed by atoms with Gasteiger partial charge in [-0.05, 0) is 80.9 Å². The first kappa shape index (κ1) is 31.9. The molecule has 5 rings (SSSR count). The van der Waals surface area contributed by atoms with Crippen molar-refractivity contribution in [1.29, 1.82) is 0 Å². The van der Waals surface area contributed by atoms with E-state index in [1.54, 1.807) is 30.1 Å². The third-order valence-corrected chi connectivity index (χ3v) is 8.54. The molecule has 11 heteroatoms. The number of hydrogen-bond donors (Lipinski definition) is 1. The van der Waals surface area contributed by atoms with Crippen LogP contribution in [0.1, 0.15) is 51.7 Å². The highest BCUT2D eigenvalue weighted by Crippen LogP contribution is 2.38. The molecule has 1 saturated heterocycles. The van der Waals surface area contributed by atoms with Gasteiger partial charge < -0.3 is 29.0 Å². The molecule has 0 saturated carbocycles. The van der Waals surface area contributed by atoms with Crippen LogP contribution in [-0.2, 0) is 0 Å². The van der Waals surface area contributed by atoms with Crippen LogP contribution >= 0.6 is 0 Å². The molecule has 1 atom stereocenters. The van der Waals surface area contributed by atoms with E-state index in [4.69, 9.17) is 14.2 Å². The molecule has 1 aliphatic heterocycles. The Kier molecular flexibility index (Phi) is 9.97. The molecule has 2 heterocycles. The van der Waals surface area contributed by atoms with E-state index in [0.717, 1.165) is 30.2 Å². The SMILES string of the molecule is COc1cc(C(=O)N(C)CC(CCN2CCC(C(=O)c3nc4ccccc4[nH]3)CC2)c2ccc(F)c(F)c2)cc(OC)c1OC. The molecule has 3 aromatic carbocycles. The standard InChI is InChI=1S/C34H38F2N4O5/c1-39(34(42)24-18-29(43-2)32(45-4)30(19-24)44-3)20-23(22-9-10-25(35)26(36)17-22)13-16-40-14-11-21(12-15-40)31(41)33-37-27-7-5-6-8-28(27)38-33/h5-10,17-19,21,23H,11-16,20H2,1-4H3,(H,37,38). The largest absolute Gasteiger partial charge is 0.493 e. The van der Waals surface area contributed by atoms with Crippen LogP contribution in [0.4, 0.5) is 8.78 Å². The minimum Gasteiger partial charge on any atom is -0.493 e. The molecule has 4 aromatic rings. The van der Waals surface area contributed by atoms with Crippen LogP contribution < -0.4 is 14.2 Å². The summed E-state index contributed by atoms with van der Waals surface area (Å²) < 4.78 is 44.3. The summed E-state index contributed by atoms with van der Waals surface area (Å²) in [5.41, 5.74) is 2.56. The van der Waals surface area contributed by atoms with Gasteiger partial charge in [0.05, 0.1) is 32.4 Å². The maximum Gasteiger partial charge on any atom is 0.253 e. The number of aromatic nitrogens is 2. The van der Waals surface area contributed by atoms with Crippen molar-refractivity contribution in [2.75, 3.05) is 54.6 Å². The summed E-state index contributed by atoms with van der Waals surface area (Å²) in [5.74, 6) is -1.02. The number of nitrogens with one attached hydrogen (secondary N) is 1. The Morgan fingerprint density at radius 2 is 1.67 bits per heavy atom. The van der Waals surface area contributed by atoms with Crippen molar-refractivity contribution in [2.24, 2.45) is 5.92 Å². The Labute approximate surface area is 261 Å². The quantitative estimate of drug-likeness (QED) is 0.203. The van der Waals surface area contributed by atoms with Gasteiger partial charge in [0.2, 0.25) is 11.5 Å². The fourth-order valence-electron chi connectivity index (χ4n) is 5.99. The number of piperidine rings is 1. The van der Waals surface area contributed by atoms with Crippen LogP contribution in [0.2, 0.25) is 0 Å². The van der Waals surface area contributed by atoms with Crippen LogP contribution in [0.5, 0.6) is 17.2 Å². The first-order chi connectivity index (χ1) is 21.7. The number of likely N-dealkylation sites (tertiary alicyclic amines) is 1. The molecule has 1 fully saturated rings. The van der Waals surface area contributed by atoms with Gasteiger partial charge in [-0.3, -0.25) is 9.59 Å². The van der Waals surface area contributed by atoms with Crippen molar-refractivity contribution in [2.45, 2.75) is 25.2 Å². The lowest BCUT2D eigenvalue weighted by molar-refractivity contribution is 0.0778. The maximum atomic E-state index is 14.3. The molecule has 45 heavy (non-hydrogen) atoms. The zero-order chi connectivity index (χ0) is 32.1. The second kappa shape index (κ2) is 14.1. The topological polar surface area (TPSA) is 97.0 Å². The third kappa shape index (κ3) is 7.09. The molecule has 0 spiro atoms.